The molecule has 0 radical (unpaired) electrons. The predicted octanol–water partition coefficient (Wildman–Crippen LogP) is 3.33. The zero-order valence-corrected chi connectivity index (χ0v) is 12.8. The molecule has 106 valence electrons. The highest BCUT2D eigenvalue weighted by Crippen LogP contribution is 2.33. The van der Waals surface area contributed by atoms with Crippen molar-refractivity contribution >= 4 is 11.8 Å². The Labute approximate surface area is 120 Å². The van der Waals surface area contributed by atoms with Gasteiger partial charge in [-0.15, -0.1) is 11.8 Å². The summed E-state index contributed by atoms with van der Waals surface area (Å²) in [4.78, 5) is 1.24. The lowest BCUT2D eigenvalue weighted by Gasteiger charge is -2.20. The third kappa shape index (κ3) is 4.96. The monoisotopic (exact) mass is 281 g/mol. The Morgan fingerprint density at radius 3 is 2.63 bits per heavy atom. The molecule has 1 aliphatic rings. The second-order valence-corrected chi connectivity index (χ2v) is 6.85. The summed E-state index contributed by atoms with van der Waals surface area (Å²) in [5, 5.41) is 3.49. The van der Waals surface area contributed by atoms with Crippen molar-refractivity contribution in [1.82, 2.24) is 5.32 Å². The van der Waals surface area contributed by atoms with Crippen LogP contribution in [0.2, 0.25) is 0 Å². The molecule has 1 aliphatic heterocycles. The van der Waals surface area contributed by atoms with E-state index in [0.717, 1.165) is 43.4 Å². The summed E-state index contributed by atoms with van der Waals surface area (Å²) in [6.07, 6.45) is 0.951. The standard InChI is InChI=1S/C15H23NO2S/c1-15(2,3)16-7-10-19-12-5-6-13-14(11-12)18-9-4-8-17-13/h5-6,11,16H,4,7-10H2,1-3H3. The molecule has 0 saturated carbocycles. The summed E-state index contributed by atoms with van der Waals surface area (Å²) in [7, 11) is 0. The van der Waals surface area contributed by atoms with Crippen molar-refractivity contribution in [3.8, 4) is 11.5 Å². The van der Waals surface area contributed by atoms with Crippen LogP contribution >= 0.6 is 11.8 Å². The van der Waals surface area contributed by atoms with E-state index in [1.165, 1.54) is 4.90 Å². The van der Waals surface area contributed by atoms with Crippen LogP contribution in [0.25, 0.3) is 0 Å². The van der Waals surface area contributed by atoms with E-state index >= 15 is 0 Å². The quantitative estimate of drug-likeness (QED) is 0.677. The summed E-state index contributed by atoms with van der Waals surface area (Å²) in [5.74, 6) is 2.80. The van der Waals surface area contributed by atoms with Crippen molar-refractivity contribution in [2.24, 2.45) is 0 Å². The largest absolute Gasteiger partial charge is 0.490 e. The van der Waals surface area contributed by atoms with Crippen molar-refractivity contribution in [2.45, 2.75) is 37.6 Å². The van der Waals surface area contributed by atoms with E-state index in [4.69, 9.17) is 9.47 Å². The van der Waals surface area contributed by atoms with Gasteiger partial charge in [0, 0.05) is 29.2 Å². The third-order valence-electron chi connectivity index (χ3n) is 2.75. The second kappa shape index (κ2) is 6.53. The molecule has 0 saturated heterocycles. The number of ether oxygens (including phenoxy) is 2. The summed E-state index contributed by atoms with van der Waals surface area (Å²) < 4.78 is 11.3. The molecule has 0 unspecified atom stereocenters. The molecule has 0 aromatic heterocycles. The van der Waals surface area contributed by atoms with Gasteiger partial charge in [-0.25, -0.2) is 0 Å². The van der Waals surface area contributed by atoms with E-state index in [2.05, 4.69) is 38.2 Å². The van der Waals surface area contributed by atoms with Gasteiger partial charge in [0.15, 0.2) is 11.5 Å². The Morgan fingerprint density at radius 1 is 1.16 bits per heavy atom. The number of rotatable bonds is 4. The van der Waals surface area contributed by atoms with E-state index in [1.807, 2.05) is 17.8 Å². The SMILES string of the molecule is CC(C)(C)NCCSc1ccc2c(c1)OCCCO2. The van der Waals surface area contributed by atoms with Gasteiger partial charge in [-0.05, 0) is 39.0 Å². The molecule has 0 fully saturated rings. The summed E-state index contributed by atoms with van der Waals surface area (Å²) in [5.41, 5.74) is 0.186. The first-order chi connectivity index (χ1) is 9.04. The van der Waals surface area contributed by atoms with Crippen LogP contribution in [0.5, 0.6) is 11.5 Å². The van der Waals surface area contributed by atoms with Gasteiger partial charge >= 0.3 is 0 Å². The molecule has 2 rings (SSSR count). The number of nitrogens with one attached hydrogen (secondary N) is 1. The first kappa shape index (κ1) is 14.5. The molecule has 19 heavy (non-hydrogen) atoms. The number of hydrogen-bond donors (Lipinski definition) is 1. The topological polar surface area (TPSA) is 30.5 Å². The van der Waals surface area contributed by atoms with Gasteiger partial charge in [-0.3, -0.25) is 0 Å². The Balaban J connectivity index is 1.86. The molecular formula is C15H23NO2S. The van der Waals surface area contributed by atoms with Gasteiger partial charge < -0.3 is 14.8 Å². The van der Waals surface area contributed by atoms with Crippen LogP contribution < -0.4 is 14.8 Å². The lowest BCUT2D eigenvalue weighted by Crippen LogP contribution is -2.37. The van der Waals surface area contributed by atoms with Gasteiger partial charge in [0.25, 0.3) is 0 Å². The number of fused-ring (bicyclic) bond motifs is 1. The molecule has 0 spiro atoms. The summed E-state index contributed by atoms with van der Waals surface area (Å²) >= 11 is 1.84. The maximum Gasteiger partial charge on any atom is 0.162 e. The van der Waals surface area contributed by atoms with Crippen LogP contribution in [-0.2, 0) is 0 Å². The highest BCUT2D eigenvalue weighted by molar-refractivity contribution is 7.99. The van der Waals surface area contributed by atoms with E-state index < -0.39 is 0 Å². The van der Waals surface area contributed by atoms with Crippen LogP contribution in [0.4, 0.5) is 0 Å². The summed E-state index contributed by atoms with van der Waals surface area (Å²) in [6.45, 7) is 9.05. The van der Waals surface area contributed by atoms with Crippen LogP contribution in [-0.4, -0.2) is 31.1 Å². The number of benzene rings is 1. The van der Waals surface area contributed by atoms with Crippen molar-refractivity contribution in [2.75, 3.05) is 25.5 Å². The third-order valence-corrected chi connectivity index (χ3v) is 3.74. The van der Waals surface area contributed by atoms with E-state index in [-0.39, 0.29) is 5.54 Å². The molecule has 3 nitrogen and oxygen atoms in total. The smallest absolute Gasteiger partial charge is 0.162 e. The lowest BCUT2D eigenvalue weighted by molar-refractivity contribution is 0.297. The van der Waals surface area contributed by atoms with Crippen molar-refractivity contribution < 1.29 is 9.47 Å². The zero-order chi connectivity index (χ0) is 13.7. The molecule has 1 aromatic carbocycles. The number of hydrogen-bond acceptors (Lipinski definition) is 4. The highest BCUT2D eigenvalue weighted by atomic mass is 32.2. The van der Waals surface area contributed by atoms with Gasteiger partial charge in [0.1, 0.15) is 0 Å². The molecule has 1 heterocycles. The molecule has 1 aromatic rings. The minimum atomic E-state index is 0.186. The van der Waals surface area contributed by atoms with Gasteiger partial charge in [-0.2, -0.15) is 0 Å². The van der Waals surface area contributed by atoms with Gasteiger partial charge in [0.05, 0.1) is 13.2 Å². The average Bonchev–Trinajstić information content (AvgIpc) is 2.58. The fourth-order valence-electron chi connectivity index (χ4n) is 1.83. The molecule has 0 atom stereocenters. The number of thioether (sulfide) groups is 1. The van der Waals surface area contributed by atoms with E-state index in [9.17, 15) is 0 Å². The zero-order valence-electron chi connectivity index (χ0n) is 12.0. The maximum absolute atomic E-state index is 5.70. The Kier molecular flexibility index (Phi) is 4.99. The Hall–Kier alpha value is -0.870. The fraction of sp³-hybridized carbons (Fsp3) is 0.600. The molecule has 0 bridgehead atoms. The van der Waals surface area contributed by atoms with Gasteiger partial charge in [0.2, 0.25) is 0 Å². The highest BCUT2D eigenvalue weighted by Gasteiger charge is 2.11. The average molecular weight is 281 g/mol. The molecule has 4 heteroatoms. The fourth-order valence-corrected chi connectivity index (χ4v) is 2.62. The minimum Gasteiger partial charge on any atom is -0.490 e. The van der Waals surface area contributed by atoms with Crippen molar-refractivity contribution in [3.05, 3.63) is 18.2 Å². The van der Waals surface area contributed by atoms with Crippen LogP contribution in [0.1, 0.15) is 27.2 Å². The summed E-state index contributed by atoms with van der Waals surface area (Å²) in [6, 6.07) is 6.21. The van der Waals surface area contributed by atoms with Crippen LogP contribution in [0.3, 0.4) is 0 Å². The van der Waals surface area contributed by atoms with Crippen molar-refractivity contribution in [1.29, 1.82) is 0 Å². The predicted molar refractivity (Wildman–Crippen MR) is 80.5 cm³/mol. The van der Waals surface area contributed by atoms with E-state index in [0.29, 0.717) is 0 Å². The molecule has 0 aliphatic carbocycles. The van der Waals surface area contributed by atoms with E-state index in [1.54, 1.807) is 0 Å². The van der Waals surface area contributed by atoms with Crippen LogP contribution in [0, 0.1) is 0 Å². The maximum atomic E-state index is 5.70. The lowest BCUT2D eigenvalue weighted by atomic mass is 10.1. The second-order valence-electron chi connectivity index (χ2n) is 5.68. The van der Waals surface area contributed by atoms with Crippen molar-refractivity contribution in [3.63, 3.8) is 0 Å². The molecule has 1 N–H and O–H groups in total. The molecular weight excluding hydrogens is 258 g/mol. The van der Waals surface area contributed by atoms with Crippen LogP contribution in [0.15, 0.2) is 23.1 Å². The first-order valence-electron chi connectivity index (χ1n) is 6.82. The first-order valence-corrected chi connectivity index (χ1v) is 7.81. The Morgan fingerprint density at radius 2 is 1.89 bits per heavy atom. The minimum absolute atomic E-state index is 0.186. The molecule has 0 amide bonds. The Bertz CT molecular complexity index is 415. The van der Waals surface area contributed by atoms with Gasteiger partial charge in [-0.1, -0.05) is 0 Å². The normalized spacial score (nSPS) is 15.1.